The summed E-state index contributed by atoms with van der Waals surface area (Å²) in [6.45, 7) is 8.78. The lowest BCUT2D eigenvalue weighted by molar-refractivity contribution is 0.236. The van der Waals surface area contributed by atoms with E-state index in [9.17, 15) is 4.39 Å². The molecule has 0 amide bonds. The fourth-order valence-electron chi connectivity index (χ4n) is 3.43. The van der Waals surface area contributed by atoms with E-state index in [1.165, 1.54) is 12.8 Å². The van der Waals surface area contributed by atoms with Crippen LogP contribution in [0.25, 0.3) is 0 Å². The second-order valence-electron chi connectivity index (χ2n) is 6.98. The Bertz CT molecular complexity index is 461. The van der Waals surface area contributed by atoms with Gasteiger partial charge in [-0.05, 0) is 77.2 Å². The Balaban J connectivity index is 2.13. The first-order chi connectivity index (χ1) is 9.99. The van der Waals surface area contributed by atoms with Gasteiger partial charge < -0.3 is 5.32 Å². The molecule has 2 rings (SSSR count). The molecule has 1 saturated carbocycles. The monoisotopic (exact) mass is 355 g/mol. The van der Waals surface area contributed by atoms with Crippen molar-refractivity contribution in [2.24, 2.45) is 17.8 Å². The molecule has 0 aliphatic heterocycles. The predicted octanol–water partition coefficient (Wildman–Crippen LogP) is 5.35. The Labute approximate surface area is 136 Å². The van der Waals surface area contributed by atoms with Crippen molar-refractivity contribution < 1.29 is 4.39 Å². The Kier molecular flexibility index (Phi) is 6.24. The smallest absolute Gasteiger partial charge is 0.140 e. The highest BCUT2D eigenvalue weighted by molar-refractivity contribution is 9.10. The average Bonchev–Trinajstić information content (AvgIpc) is 2.43. The SMILES string of the molecule is CC(C)CNCC1CCC(C)CC1c1cccc(Br)c1F. The van der Waals surface area contributed by atoms with Crippen LogP contribution in [0.2, 0.25) is 0 Å². The van der Waals surface area contributed by atoms with E-state index in [2.05, 4.69) is 42.0 Å². The predicted molar refractivity (Wildman–Crippen MR) is 91.1 cm³/mol. The zero-order valence-electron chi connectivity index (χ0n) is 13.3. The van der Waals surface area contributed by atoms with Gasteiger partial charge in [0.05, 0.1) is 4.47 Å². The first kappa shape index (κ1) is 17.0. The van der Waals surface area contributed by atoms with E-state index in [4.69, 9.17) is 0 Å². The molecule has 1 aromatic rings. The van der Waals surface area contributed by atoms with Gasteiger partial charge in [0.2, 0.25) is 0 Å². The van der Waals surface area contributed by atoms with Crippen molar-refractivity contribution in [3.8, 4) is 0 Å². The molecular formula is C18H27BrFN. The first-order valence-electron chi connectivity index (χ1n) is 8.13. The van der Waals surface area contributed by atoms with E-state index < -0.39 is 0 Å². The van der Waals surface area contributed by atoms with E-state index in [0.717, 1.165) is 25.1 Å². The number of hydrogen-bond donors (Lipinski definition) is 1. The van der Waals surface area contributed by atoms with Crippen LogP contribution in [0.5, 0.6) is 0 Å². The third-order valence-electron chi connectivity index (χ3n) is 4.60. The normalized spacial score (nSPS) is 26.3. The summed E-state index contributed by atoms with van der Waals surface area (Å²) in [5, 5.41) is 3.57. The molecule has 0 spiro atoms. The van der Waals surface area contributed by atoms with Crippen LogP contribution in [0.15, 0.2) is 22.7 Å². The lowest BCUT2D eigenvalue weighted by Crippen LogP contribution is -2.33. The number of nitrogens with one attached hydrogen (secondary N) is 1. The fraction of sp³-hybridized carbons (Fsp3) is 0.667. The molecule has 1 nitrogen and oxygen atoms in total. The minimum atomic E-state index is -0.0644. The van der Waals surface area contributed by atoms with Crippen molar-refractivity contribution in [3.05, 3.63) is 34.1 Å². The summed E-state index contributed by atoms with van der Waals surface area (Å²) in [4.78, 5) is 0. The van der Waals surface area contributed by atoms with Crippen molar-refractivity contribution in [3.63, 3.8) is 0 Å². The van der Waals surface area contributed by atoms with Crippen LogP contribution in [-0.2, 0) is 0 Å². The Hall–Kier alpha value is -0.410. The second kappa shape index (κ2) is 7.73. The van der Waals surface area contributed by atoms with Gasteiger partial charge in [0, 0.05) is 0 Å². The molecule has 21 heavy (non-hydrogen) atoms. The maximum Gasteiger partial charge on any atom is 0.140 e. The van der Waals surface area contributed by atoms with Crippen LogP contribution < -0.4 is 5.32 Å². The molecule has 0 aromatic heterocycles. The number of benzene rings is 1. The van der Waals surface area contributed by atoms with Gasteiger partial charge >= 0.3 is 0 Å². The van der Waals surface area contributed by atoms with Crippen molar-refractivity contribution in [1.29, 1.82) is 0 Å². The summed E-state index contributed by atoms with van der Waals surface area (Å²) in [6, 6.07) is 5.72. The number of hydrogen-bond acceptors (Lipinski definition) is 1. The van der Waals surface area contributed by atoms with Gasteiger partial charge in [-0.25, -0.2) is 4.39 Å². The lowest BCUT2D eigenvalue weighted by Gasteiger charge is -2.36. The zero-order valence-corrected chi connectivity index (χ0v) is 14.9. The van der Waals surface area contributed by atoms with E-state index in [1.807, 2.05) is 12.1 Å². The van der Waals surface area contributed by atoms with E-state index in [1.54, 1.807) is 6.07 Å². The molecular weight excluding hydrogens is 329 g/mol. The topological polar surface area (TPSA) is 12.0 Å². The molecule has 3 unspecified atom stereocenters. The highest BCUT2D eigenvalue weighted by atomic mass is 79.9. The molecule has 1 N–H and O–H groups in total. The largest absolute Gasteiger partial charge is 0.316 e. The van der Waals surface area contributed by atoms with Crippen LogP contribution in [0.1, 0.15) is 51.5 Å². The van der Waals surface area contributed by atoms with Crippen molar-refractivity contribution in [2.75, 3.05) is 13.1 Å². The Morgan fingerprint density at radius 2 is 2.10 bits per heavy atom. The van der Waals surface area contributed by atoms with E-state index >= 15 is 0 Å². The summed E-state index contributed by atoms with van der Waals surface area (Å²) in [5.41, 5.74) is 0.896. The summed E-state index contributed by atoms with van der Waals surface area (Å²) in [6.07, 6.45) is 3.56. The molecule has 0 bridgehead atoms. The van der Waals surface area contributed by atoms with Crippen molar-refractivity contribution >= 4 is 15.9 Å². The molecule has 1 aromatic carbocycles. The molecule has 3 atom stereocenters. The summed E-state index contributed by atoms with van der Waals surface area (Å²) < 4.78 is 15.1. The zero-order chi connectivity index (χ0) is 15.4. The number of halogens is 2. The van der Waals surface area contributed by atoms with Gasteiger partial charge in [0.15, 0.2) is 0 Å². The molecule has 0 radical (unpaired) electrons. The second-order valence-corrected chi connectivity index (χ2v) is 7.83. The van der Waals surface area contributed by atoms with Gasteiger partial charge in [0.1, 0.15) is 5.82 Å². The Morgan fingerprint density at radius 3 is 2.81 bits per heavy atom. The molecule has 0 saturated heterocycles. The average molecular weight is 356 g/mol. The van der Waals surface area contributed by atoms with Gasteiger partial charge in [-0.2, -0.15) is 0 Å². The fourth-order valence-corrected chi connectivity index (χ4v) is 3.81. The van der Waals surface area contributed by atoms with Crippen LogP contribution in [-0.4, -0.2) is 13.1 Å². The number of rotatable bonds is 5. The maximum absolute atomic E-state index is 14.5. The van der Waals surface area contributed by atoms with Gasteiger partial charge in [-0.1, -0.05) is 39.3 Å². The van der Waals surface area contributed by atoms with Crippen molar-refractivity contribution in [1.82, 2.24) is 5.32 Å². The summed E-state index contributed by atoms with van der Waals surface area (Å²) in [7, 11) is 0. The molecule has 1 fully saturated rings. The molecule has 3 heteroatoms. The third-order valence-corrected chi connectivity index (χ3v) is 5.21. The van der Waals surface area contributed by atoms with Gasteiger partial charge in [0.25, 0.3) is 0 Å². The summed E-state index contributed by atoms with van der Waals surface area (Å²) in [5.74, 6) is 2.17. The summed E-state index contributed by atoms with van der Waals surface area (Å²) >= 11 is 3.33. The van der Waals surface area contributed by atoms with Crippen LogP contribution in [0.3, 0.4) is 0 Å². The molecule has 0 heterocycles. The Morgan fingerprint density at radius 1 is 1.33 bits per heavy atom. The molecule has 1 aliphatic carbocycles. The quantitative estimate of drug-likeness (QED) is 0.750. The van der Waals surface area contributed by atoms with Crippen molar-refractivity contribution in [2.45, 2.75) is 46.0 Å². The standard InChI is InChI=1S/C18H27BrFN/c1-12(2)10-21-11-14-8-7-13(3)9-16(14)15-5-4-6-17(19)18(15)20/h4-6,12-14,16,21H,7-11H2,1-3H3. The van der Waals surface area contributed by atoms with Gasteiger partial charge in [-0.15, -0.1) is 0 Å². The van der Waals surface area contributed by atoms with Crippen LogP contribution in [0.4, 0.5) is 4.39 Å². The maximum atomic E-state index is 14.5. The van der Waals surface area contributed by atoms with E-state index in [0.29, 0.717) is 28.1 Å². The first-order valence-corrected chi connectivity index (χ1v) is 8.93. The highest BCUT2D eigenvalue weighted by Gasteiger charge is 2.31. The van der Waals surface area contributed by atoms with Crippen LogP contribution in [0, 0.1) is 23.6 Å². The lowest BCUT2D eigenvalue weighted by atomic mass is 9.71. The third kappa shape index (κ3) is 4.53. The minimum Gasteiger partial charge on any atom is -0.316 e. The molecule has 1 aliphatic rings. The van der Waals surface area contributed by atoms with E-state index in [-0.39, 0.29) is 5.82 Å². The minimum absolute atomic E-state index is 0.0644. The highest BCUT2D eigenvalue weighted by Crippen LogP contribution is 2.42. The van der Waals surface area contributed by atoms with Crippen LogP contribution >= 0.6 is 15.9 Å². The van der Waals surface area contributed by atoms with Gasteiger partial charge in [-0.3, -0.25) is 0 Å². The molecule has 118 valence electrons.